The monoisotopic (exact) mass is 260 g/mol. The number of amides is 1. The lowest BCUT2D eigenvalue weighted by molar-refractivity contribution is 0.102. The molecule has 18 heavy (non-hydrogen) atoms. The van der Waals surface area contributed by atoms with E-state index < -0.39 is 5.91 Å². The van der Waals surface area contributed by atoms with Crippen LogP contribution in [-0.4, -0.2) is 31.1 Å². The highest BCUT2D eigenvalue weighted by molar-refractivity contribution is 7.80. The number of nitrogens with one attached hydrogen (secondary N) is 1. The minimum Gasteiger partial charge on any atom is -0.389 e. The summed E-state index contributed by atoms with van der Waals surface area (Å²) in [4.78, 5) is 19.7. The first-order valence-electron chi connectivity index (χ1n) is 4.88. The van der Waals surface area contributed by atoms with Crippen molar-refractivity contribution in [1.82, 2.24) is 20.2 Å². The lowest BCUT2D eigenvalue weighted by atomic mass is 10.2. The molecule has 2 aromatic rings. The second kappa shape index (κ2) is 5.23. The molecule has 3 N–H and O–H groups in total. The first-order chi connectivity index (χ1) is 8.66. The number of thiocarbonyl (C=S) groups is 1. The van der Waals surface area contributed by atoms with E-state index >= 15 is 0 Å². The van der Waals surface area contributed by atoms with E-state index in [-0.39, 0.29) is 16.6 Å². The maximum atomic E-state index is 11.7. The van der Waals surface area contributed by atoms with Crippen LogP contribution in [0.4, 0.5) is 5.95 Å². The van der Waals surface area contributed by atoms with Gasteiger partial charge >= 0.3 is 0 Å². The quantitative estimate of drug-likeness (QED) is 0.756. The summed E-state index contributed by atoms with van der Waals surface area (Å²) in [5.41, 5.74) is 6.23. The van der Waals surface area contributed by atoms with E-state index in [9.17, 15) is 4.79 Å². The van der Waals surface area contributed by atoms with Crippen molar-refractivity contribution in [3.63, 3.8) is 0 Å². The van der Waals surface area contributed by atoms with Crippen LogP contribution in [0.5, 0.6) is 0 Å². The normalized spacial score (nSPS) is 9.78. The maximum Gasteiger partial charge on any atom is 0.276 e. The number of rotatable bonds is 3. The Morgan fingerprint density at radius 3 is 2.67 bits per heavy atom. The topological polar surface area (TPSA) is 107 Å². The van der Waals surface area contributed by atoms with Gasteiger partial charge in [0.25, 0.3) is 5.91 Å². The summed E-state index contributed by atoms with van der Waals surface area (Å²) in [5.74, 6) is -0.319. The second-order valence-corrected chi connectivity index (χ2v) is 3.66. The molecule has 0 spiro atoms. The van der Waals surface area contributed by atoms with Gasteiger partial charge in [-0.05, 0) is 12.1 Å². The van der Waals surface area contributed by atoms with Crippen molar-refractivity contribution in [3.05, 3.63) is 42.0 Å². The highest BCUT2D eigenvalue weighted by Gasteiger charge is 2.09. The van der Waals surface area contributed by atoms with Gasteiger partial charge in [-0.25, -0.2) is 4.98 Å². The fraction of sp³-hybridized carbons (Fsp3) is 0. The molecule has 0 aliphatic carbocycles. The molecule has 2 rings (SSSR count). The minimum absolute atomic E-state index is 0.114. The van der Waals surface area contributed by atoms with Gasteiger partial charge in [0.2, 0.25) is 5.95 Å². The zero-order valence-electron chi connectivity index (χ0n) is 9.07. The number of nitrogens with zero attached hydrogens (tertiary/aromatic N) is 4. The van der Waals surface area contributed by atoms with Gasteiger partial charge in [-0.1, -0.05) is 12.2 Å². The number of anilines is 1. The van der Waals surface area contributed by atoms with Gasteiger partial charge in [-0.3, -0.25) is 15.1 Å². The van der Waals surface area contributed by atoms with Crippen LogP contribution in [0.25, 0.3) is 0 Å². The zero-order valence-corrected chi connectivity index (χ0v) is 9.89. The molecule has 0 aromatic carbocycles. The van der Waals surface area contributed by atoms with Crippen LogP contribution >= 0.6 is 12.2 Å². The summed E-state index contributed by atoms with van der Waals surface area (Å²) in [7, 11) is 0. The number of hydrogen-bond acceptors (Lipinski definition) is 6. The van der Waals surface area contributed by atoms with Gasteiger partial charge < -0.3 is 5.73 Å². The number of aromatic nitrogens is 4. The van der Waals surface area contributed by atoms with E-state index in [1.165, 1.54) is 24.7 Å². The van der Waals surface area contributed by atoms with Crippen molar-refractivity contribution in [3.8, 4) is 0 Å². The molecule has 0 radical (unpaired) electrons. The summed E-state index contributed by atoms with van der Waals surface area (Å²) in [6, 6.07) is 3.13. The number of pyridine rings is 1. The predicted molar refractivity (Wildman–Crippen MR) is 67.9 cm³/mol. The Balaban J connectivity index is 2.12. The first-order valence-corrected chi connectivity index (χ1v) is 5.28. The van der Waals surface area contributed by atoms with Gasteiger partial charge in [-0.2, -0.15) is 5.10 Å². The van der Waals surface area contributed by atoms with Gasteiger partial charge in [-0.15, -0.1) is 5.10 Å². The van der Waals surface area contributed by atoms with Crippen LogP contribution < -0.4 is 11.1 Å². The Morgan fingerprint density at radius 2 is 2.11 bits per heavy atom. The van der Waals surface area contributed by atoms with Crippen molar-refractivity contribution < 1.29 is 4.79 Å². The van der Waals surface area contributed by atoms with E-state index in [0.29, 0.717) is 5.56 Å². The first kappa shape index (κ1) is 12.0. The third-order valence-corrected chi connectivity index (χ3v) is 2.22. The average molecular weight is 260 g/mol. The van der Waals surface area contributed by atoms with Crippen molar-refractivity contribution >= 4 is 29.1 Å². The second-order valence-electron chi connectivity index (χ2n) is 3.22. The van der Waals surface area contributed by atoms with E-state index in [1.807, 2.05) is 0 Å². The minimum atomic E-state index is -0.433. The molecule has 1 amide bonds. The number of carbonyl (C=O) groups excluding carboxylic acids is 1. The van der Waals surface area contributed by atoms with Gasteiger partial charge in [0, 0.05) is 11.8 Å². The molecular formula is C10H8N6OS. The molecule has 0 atom stereocenters. The number of carbonyl (C=O) groups is 1. The van der Waals surface area contributed by atoms with Gasteiger partial charge in [0.15, 0.2) is 0 Å². The molecule has 7 nitrogen and oxygen atoms in total. The third-order valence-electron chi connectivity index (χ3n) is 1.99. The molecule has 0 fully saturated rings. The fourth-order valence-electron chi connectivity index (χ4n) is 1.14. The smallest absolute Gasteiger partial charge is 0.276 e. The highest BCUT2D eigenvalue weighted by atomic mass is 32.1. The maximum absolute atomic E-state index is 11.7. The Kier molecular flexibility index (Phi) is 3.49. The van der Waals surface area contributed by atoms with Gasteiger partial charge in [0.1, 0.15) is 10.7 Å². The molecule has 8 heteroatoms. The van der Waals surface area contributed by atoms with Crippen LogP contribution in [0, 0.1) is 0 Å². The SMILES string of the molecule is NC(=S)c1ccc(C(=O)Nc2nccnn2)nc1. The molecule has 0 aliphatic rings. The van der Waals surface area contributed by atoms with E-state index in [2.05, 4.69) is 25.5 Å². The summed E-state index contributed by atoms with van der Waals surface area (Å²) in [5, 5.41) is 9.67. The third kappa shape index (κ3) is 2.80. The van der Waals surface area contributed by atoms with E-state index in [0.717, 1.165) is 0 Å². The van der Waals surface area contributed by atoms with Crippen LogP contribution in [0.3, 0.4) is 0 Å². The number of nitrogens with two attached hydrogens (primary N) is 1. The van der Waals surface area contributed by atoms with E-state index in [4.69, 9.17) is 18.0 Å². The summed E-state index contributed by atoms with van der Waals surface area (Å²) in [6.45, 7) is 0. The molecule has 0 unspecified atom stereocenters. The molecule has 0 saturated heterocycles. The van der Waals surface area contributed by atoms with Crippen LogP contribution in [0.15, 0.2) is 30.7 Å². The molecule has 90 valence electrons. The molecule has 0 bridgehead atoms. The van der Waals surface area contributed by atoms with E-state index in [1.54, 1.807) is 6.07 Å². The van der Waals surface area contributed by atoms with Crippen LogP contribution in [-0.2, 0) is 0 Å². The Bertz CT molecular complexity index is 571. The van der Waals surface area contributed by atoms with Crippen LogP contribution in [0.1, 0.15) is 16.1 Å². The Morgan fingerprint density at radius 1 is 1.28 bits per heavy atom. The molecule has 2 heterocycles. The highest BCUT2D eigenvalue weighted by Crippen LogP contribution is 2.02. The molecular weight excluding hydrogens is 252 g/mol. The van der Waals surface area contributed by atoms with Crippen LogP contribution in [0.2, 0.25) is 0 Å². The summed E-state index contributed by atoms with van der Waals surface area (Å²) >= 11 is 4.78. The van der Waals surface area contributed by atoms with Crippen molar-refractivity contribution in [2.45, 2.75) is 0 Å². The zero-order chi connectivity index (χ0) is 13.0. The molecule has 0 saturated carbocycles. The van der Waals surface area contributed by atoms with Crippen molar-refractivity contribution in [2.24, 2.45) is 5.73 Å². The lowest BCUT2D eigenvalue weighted by Gasteiger charge is -2.02. The summed E-state index contributed by atoms with van der Waals surface area (Å²) < 4.78 is 0. The van der Waals surface area contributed by atoms with Crippen molar-refractivity contribution in [2.75, 3.05) is 5.32 Å². The number of hydrogen-bond donors (Lipinski definition) is 2. The largest absolute Gasteiger partial charge is 0.389 e. The standard InChI is InChI=1S/C10H8N6OS/c11-8(18)6-1-2-7(13-5-6)9(17)15-10-12-3-4-14-16-10/h1-5H,(H2,11,18)(H,12,15,16,17). The fourth-order valence-corrected chi connectivity index (χ4v) is 1.27. The Labute approximate surface area is 107 Å². The predicted octanol–water partition coefficient (Wildman–Crippen LogP) is 0.153. The Hall–Kier alpha value is -2.48. The lowest BCUT2D eigenvalue weighted by Crippen LogP contribution is -2.17. The molecule has 0 aliphatic heterocycles. The molecule has 2 aromatic heterocycles. The van der Waals surface area contributed by atoms with Gasteiger partial charge in [0.05, 0.1) is 12.4 Å². The van der Waals surface area contributed by atoms with Crippen molar-refractivity contribution in [1.29, 1.82) is 0 Å². The average Bonchev–Trinajstić information content (AvgIpc) is 2.40. The summed E-state index contributed by atoms with van der Waals surface area (Å²) in [6.07, 6.45) is 4.26.